The summed E-state index contributed by atoms with van der Waals surface area (Å²) < 4.78 is 0. The molecule has 0 saturated carbocycles. The summed E-state index contributed by atoms with van der Waals surface area (Å²) in [7, 11) is 0. The van der Waals surface area contributed by atoms with Gasteiger partial charge in [0.05, 0.1) is 6.04 Å². The number of aliphatic hydroxyl groups is 1. The van der Waals surface area contributed by atoms with Crippen molar-refractivity contribution in [1.29, 1.82) is 0 Å². The third kappa shape index (κ3) is 8.48. The van der Waals surface area contributed by atoms with Crippen molar-refractivity contribution in [2.75, 3.05) is 13.2 Å². The molecule has 3 N–H and O–H groups in total. The highest BCUT2D eigenvalue weighted by molar-refractivity contribution is 5.81. The second-order valence-electron chi connectivity index (χ2n) is 6.83. The van der Waals surface area contributed by atoms with E-state index < -0.39 is 0 Å². The van der Waals surface area contributed by atoms with Crippen molar-refractivity contribution < 1.29 is 9.90 Å². The Morgan fingerprint density at radius 2 is 1.78 bits per heavy atom. The Hall–Kier alpha value is -0.610. The maximum absolute atomic E-state index is 11.9. The first-order valence-corrected chi connectivity index (χ1v) is 6.74. The van der Waals surface area contributed by atoms with Gasteiger partial charge in [-0.25, -0.2) is 0 Å². The third-order valence-electron chi connectivity index (χ3n) is 2.79. The van der Waals surface area contributed by atoms with Gasteiger partial charge in [0.2, 0.25) is 5.91 Å². The number of hydrogen-bond acceptors (Lipinski definition) is 3. The number of carbonyl (C=O) groups excluding carboxylic acids is 1. The highest BCUT2D eigenvalue weighted by Gasteiger charge is 2.22. The number of carbonyl (C=O) groups is 1. The van der Waals surface area contributed by atoms with Crippen LogP contribution >= 0.6 is 0 Å². The van der Waals surface area contributed by atoms with Crippen LogP contribution in [-0.2, 0) is 4.79 Å². The highest BCUT2D eigenvalue weighted by atomic mass is 16.2. The van der Waals surface area contributed by atoms with E-state index in [9.17, 15) is 4.79 Å². The summed E-state index contributed by atoms with van der Waals surface area (Å²) in [5, 5.41) is 15.1. The molecular formula is C14H30N2O2. The topological polar surface area (TPSA) is 61.4 Å². The first-order chi connectivity index (χ1) is 8.07. The first kappa shape index (κ1) is 17.4. The molecule has 1 atom stereocenters. The molecule has 0 radical (unpaired) electrons. The van der Waals surface area contributed by atoms with Gasteiger partial charge in [-0.2, -0.15) is 0 Å². The molecule has 1 unspecified atom stereocenters. The molecule has 4 heteroatoms. The lowest BCUT2D eigenvalue weighted by Gasteiger charge is -2.28. The molecule has 0 aromatic heterocycles. The van der Waals surface area contributed by atoms with Crippen LogP contribution in [0.3, 0.4) is 0 Å². The molecule has 0 bridgehead atoms. The molecule has 0 aliphatic carbocycles. The number of nitrogens with one attached hydrogen (secondary N) is 2. The second kappa shape index (κ2) is 7.10. The van der Waals surface area contributed by atoms with Gasteiger partial charge in [0.25, 0.3) is 0 Å². The van der Waals surface area contributed by atoms with E-state index in [0.29, 0.717) is 0 Å². The highest BCUT2D eigenvalue weighted by Crippen LogP contribution is 2.20. The molecule has 0 spiro atoms. The molecular weight excluding hydrogens is 228 g/mol. The molecule has 0 aromatic rings. The van der Waals surface area contributed by atoms with E-state index in [1.165, 1.54) is 0 Å². The predicted molar refractivity (Wildman–Crippen MR) is 75.5 cm³/mol. The molecule has 0 fully saturated rings. The Morgan fingerprint density at radius 3 is 2.22 bits per heavy atom. The van der Waals surface area contributed by atoms with Gasteiger partial charge in [-0.15, -0.1) is 0 Å². The average molecular weight is 258 g/mol. The summed E-state index contributed by atoms with van der Waals surface area (Å²) in [6, 6.07) is -0.197. The van der Waals surface area contributed by atoms with E-state index in [0.717, 1.165) is 19.4 Å². The molecule has 1 amide bonds. The van der Waals surface area contributed by atoms with Crippen molar-refractivity contribution >= 4 is 5.91 Å². The van der Waals surface area contributed by atoms with Crippen molar-refractivity contribution in [2.45, 2.75) is 66.0 Å². The van der Waals surface area contributed by atoms with E-state index in [1.807, 2.05) is 27.7 Å². The Labute approximate surface area is 112 Å². The number of hydrogen-bond donors (Lipinski definition) is 3. The summed E-state index contributed by atoms with van der Waals surface area (Å²) in [5.41, 5.74) is -0.0988. The third-order valence-corrected chi connectivity index (χ3v) is 2.79. The van der Waals surface area contributed by atoms with Crippen molar-refractivity contribution in [3.63, 3.8) is 0 Å². The second-order valence-corrected chi connectivity index (χ2v) is 6.83. The van der Waals surface area contributed by atoms with Gasteiger partial charge in [0.1, 0.15) is 0 Å². The van der Waals surface area contributed by atoms with Crippen LogP contribution in [-0.4, -0.2) is 35.7 Å². The fourth-order valence-electron chi connectivity index (χ4n) is 1.65. The zero-order valence-corrected chi connectivity index (χ0v) is 12.8. The summed E-state index contributed by atoms with van der Waals surface area (Å²) >= 11 is 0. The van der Waals surface area contributed by atoms with Gasteiger partial charge in [0, 0.05) is 18.7 Å². The molecule has 4 nitrogen and oxygen atoms in total. The van der Waals surface area contributed by atoms with Crippen LogP contribution in [0.2, 0.25) is 0 Å². The van der Waals surface area contributed by atoms with Crippen LogP contribution in [0.5, 0.6) is 0 Å². The van der Waals surface area contributed by atoms with Crippen LogP contribution in [0.1, 0.15) is 54.4 Å². The van der Waals surface area contributed by atoms with Gasteiger partial charge < -0.3 is 15.7 Å². The molecule has 0 heterocycles. The lowest BCUT2D eigenvalue weighted by atomic mass is 9.87. The fourth-order valence-corrected chi connectivity index (χ4v) is 1.65. The monoisotopic (exact) mass is 258 g/mol. The first-order valence-electron chi connectivity index (χ1n) is 6.74. The Bertz CT molecular complexity index is 257. The van der Waals surface area contributed by atoms with Crippen LogP contribution in [0.4, 0.5) is 0 Å². The lowest BCUT2D eigenvalue weighted by Crippen LogP contribution is -2.51. The summed E-state index contributed by atoms with van der Waals surface area (Å²) in [6.07, 6.45) is 1.75. The Kier molecular flexibility index (Phi) is 6.86. The van der Waals surface area contributed by atoms with Gasteiger partial charge in [-0.05, 0) is 46.0 Å². The van der Waals surface area contributed by atoms with E-state index >= 15 is 0 Å². The zero-order chi connectivity index (χ0) is 14.4. The summed E-state index contributed by atoms with van der Waals surface area (Å²) in [4.78, 5) is 11.9. The molecule has 0 aliphatic rings. The molecule has 0 saturated heterocycles. The van der Waals surface area contributed by atoms with Crippen LogP contribution in [0, 0.1) is 5.41 Å². The maximum atomic E-state index is 11.9. The van der Waals surface area contributed by atoms with Gasteiger partial charge in [-0.1, -0.05) is 13.8 Å². The Morgan fingerprint density at radius 1 is 1.22 bits per heavy atom. The number of amides is 1. The molecule has 0 rings (SSSR count). The van der Waals surface area contributed by atoms with Crippen LogP contribution in [0.25, 0.3) is 0 Å². The van der Waals surface area contributed by atoms with Crippen LogP contribution in [0.15, 0.2) is 0 Å². The van der Waals surface area contributed by atoms with Crippen molar-refractivity contribution in [3.8, 4) is 0 Å². The van der Waals surface area contributed by atoms with Gasteiger partial charge >= 0.3 is 0 Å². The summed E-state index contributed by atoms with van der Waals surface area (Å²) in [6.45, 7) is 13.1. The zero-order valence-electron chi connectivity index (χ0n) is 12.8. The largest absolute Gasteiger partial charge is 0.396 e. The minimum Gasteiger partial charge on any atom is -0.396 e. The van der Waals surface area contributed by atoms with Crippen molar-refractivity contribution in [3.05, 3.63) is 0 Å². The average Bonchev–Trinajstić information content (AvgIpc) is 2.21. The minimum atomic E-state index is -0.197. The van der Waals surface area contributed by atoms with E-state index in [4.69, 9.17) is 5.11 Å². The minimum absolute atomic E-state index is 0.0282. The predicted octanol–water partition coefficient (Wildman–Crippen LogP) is 1.68. The number of aliphatic hydroxyl groups excluding tert-OH is 1. The number of rotatable bonds is 7. The SMILES string of the molecule is CC(NCC(C)(C)CCCO)C(=O)NC(C)(C)C. The quantitative estimate of drug-likeness (QED) is 0.651. The Balaban J connectivity index is 4.09. The van der Waals surface area contributed by atoms with Crippen molar-refractivity contribution in [2.24, 2.45) is 5.41 Å². The maximum Gasteiger partial charge on any atom is 0.237 e. The standard InChI is InChI=1S/C14H30N2O2/c1-11(12(18)16-13(2,3)4)15-10-14(5,6)8-7-9-17/h11,15,17H,7-10H2,1-6H3,(H,16,18). The smallest absolute Gasteiger partial charge is 0.237 e. The fraction of sp³-hybridized carbons (Fsp3) is 0.929. The van der Waals surface area contributed by atoms with Crippen molar-refractivity contribution in [1.82, 2.24) is 10.6 Å². The lowest BCUT2D eigenvalue weighted by molar-refractivity contribution is -0.124. The normalized spacial score (nSPS) is 14.4. The summed E-state index contributed by atoms with van der Waals surface area (Å²) in [5.74, 6) is 0.0282. The van der Waals surface area contributed by atoms with Gasteiger partial charge in [0.15, 0.2) is 0 Å². The van der Waals surface area contributed by atoms with Crippen LogP contribution < -0.4 is 10.6 Å². The molecule has 108 valence electrons. The van der Waals surface area contributed by atoms with E-state index in [1.54, 1.807) is 0 Å². The van der Waals surface area contributed by atoms with Gasteiger partial charge in [-0.3, -0.25) is 4.79 Å². The van der Waals surface area contributed by atoms with E-state index in [2.05, 4.69) is 24.5 Å². The molecule has 18 heavy (non-hydrogen) atoms. The van der Waals surface area contributed by atoms with E-state index in [-0.39, 0.29) is 29.5 Å². The molecule has 0 aliphatic heterocycles. The molecule has 0 aromatic carbocycles.